The summed E-state index contributed by atoms with van der Waals surface area (Å²) >= 11 is 0. The van der Waals surface area contributed by atoms with Gasteiger partial charge in [-0.25, -0.2) is 0 Å². The molecule has 2 rings (SSSR count). The van der Waals surface area contributed by atoms with Crippen molar-refractivity contribution in [2.24, 2.45) is 0 Å². The summed E-state index contributed by atoms with van der Waals surface area (Å²) in [5, 5.41) is 0. The van der Waals surface area contributed by atoms with E-state index in [0.29, 0.717) is 17.1 Å². The van der Waals surface area contributed by atoms with Crippen molar-refractivity contribution in [3.05, 3.63) is 23.8 Å². The predicted octanol–water partition coefficient (Wildman–Crippen LogP) is 1.27. The van der Waals surface area contributed by atoms with Gasteiger partial charge in [-0.3, -0.25) is 4.55 Å². The van der Waals surface area contributed by atoms with Gasteiger partial charge >= 0.3 is 10.3 Å². The molecule has 0 spiro atoms. The van der Waals surface area contributed by atoms with Crippen LogP contribution >= 0.6 is 0 Å². The van der Waals surface area contributed by atoms with Crippen LogP contribution in [0.4, 0.5) is 0 Å². The van der Waals surface area contributed by atoms with Gasteiger partial charge in [0.25, 0.3) is 0 Å². The predicted molar refractivity (Wildman–Crippen MR) is 71.1 cm³/mol. The minimum Gasteiger partial charge on any atom is -0.497 e. The number of hydrogen-bond acceptors (Lipinski definition) is 5. The Morgan fingerprint density at radius 3 is 2.75 bits per heavy atom. The number of nitrogens with one attached hydrogen (secondary N) is 1. The van der Waals surface area contributed by atoms with Crippen molar-refractivity contribution < 1.29 is 27.2 Å². The topological polar surface area (TPSA) is 94.1 Å². The molecule has 0 aromatic heterocycles. The molecule has 0 saturated heterocycles. The summed E-state index contributed by atoms with van der Waals surface area (Å²) in [4.78, 5) is 0. The summed E-state index contributed by atoms with van der Waals surface area (Å²) in [6.45, 7) is 3.34. The zero-order chi connectivity index (χ0) is 15.0. The Labute approximate surface area is 117 Å². The molecular weight excluding hydrogens is 286 g/mol. The molecule has 0 fully saturated rings. The van der Waals surface area contributed by atoms with Crippen LogP contribution < -0.4 is 14.2 Å². The largest absolute Gasteiger partial charge is 0.497 e. The Hall–Kier alpha value is -1.35. The van der Waals surface area contributed by atoms with Crippen molar-refractivity contribution in [1.82, 2.24) is 4.72 Å². The van der Waals surface area contributed by atoms with Crippen LogP contribution in [-0.2, 0) is 15.0 Å². The maximum Gasteiger partial charge on any atom is 0.333 e. The van der Waals surface area contributed by atoms with Gasteiger partial charge in [0.15, 0.2) is 0 Å². The lowest BCUT2D eigenvalue weighted by Gasteiger charge is -2.37. The normalized spacial score (nSPS) is 20.9. The molecule has 7 nitrogen and oxygen atoms in total. The van der Waals surface area contributed by atoms with Crippen LogP contribution in [0.3, 0.4) is 0 Å². The monoisotopic (exact) mass is 303 g/mol. The molecule has 1 aliphatic rings. The molecule has 1 heterocycles. The number of benzene rings is 1. The van der Waals surface area contributed by atoms with E-state index in [4.69, 9.17) is 18.8 Å². The molecule has 0 bridgehead atoms. The van der Waals surface area contributed by atoms with Gasteiger partial charge < -0.3 is 14.2 Å². The quantitative estimate of drug-likeness (QED) is 0.814. The Morgan fingerprint density at radius 2 is 2.15 bits per heavy atom. The number of hydrogen-bond donors (Lipinski definition) is 2. The van der Waals surface area contributed by atoms with Gasteiger partial charge in [-0.1, -0.05) is 0 Å². The zero-order valence-corrected chi connectivity index (χ0v) is 12.2. The first-order valence-corrected chi connectivity index (χ1v) is 7.41. The summed E-state index contributed by atoms with van der Waals surface area (Å²) in [6, 6.07) is 5.19. The highest BCUT2D eigenvalue weighted by molar-refractivity contribution is 7.83. The summed E-state index contributed by atoms with van der Waals surface area (Å²) in [5.41, 5.74) is 0.653. The van der Waals surface area contributed by atoms with Gasteiger partial charge in [0.05, 0.1) is 7.11 Å². The van der Waals surface area contributed by atoms with Crippen LogP contribution in [-0.4, -0.2) is 32.4 Å². The van der Waals surface area contributed by atoms with E-state index >= 15 is 0 Å². The first-order valence-electron chi connectivity index (χ1n) is 5.97. The van der Waals surface area contributed by atoms with Crippen LogP contribution in [0.15, 0.2) is 18.2 Å². The van der Waals surface area contributed by atoms with Crippen LogP contribution in [0.5, 0.6) is 11.5 Å². The van der Waals surface area contributed by atoms with Crippen LogP contribution in [0.25, 0.3) is 0 Å². The molecule has 20 heavy (non-hydrogen) atoms. The van der Waals surface area contributed by atoms with Gasteiger partial charge in [0.2, 0.25) is 5.79 Å². The molecule has 2 N–H and O–H groups in total. The maximum atomic E-state index is 10.8. The second kappa shape index (κ2) is 5.21. The molecule has 0 amide bonds. The fourth-order valence-electron chi connectivity index (χ4n) is 2.03. The Kier molecular flexibility index (Phi) is 3.92. The van der Waals surface area contributed by atoms with Crippen molar-refractivity contribution in [2.45, 2.75) is 25.7 Å². The van der Waals surface area contributed by atoms with Crippen LogP contribution in [0, 0.1) is 0 Å². The fourth-order valence-corrected chi connectivity index (χ4v) is 2.39. The lowest BCUT2D eigenvalue weighted by Crippen LogP contribution is -2.41. The molecule has 112 valence electrons. The number of fused-ring (bicyclic) bond motifs is 1. The molecule has 1 aliphatic heterocycles. The van der Waals surface area contributed by atoms with Crippen molar-refractivity contribution in [3.63, 3.8) is 0 Å². The number of methoxy groups -OCH3 is 1. The van der Waals surface area contributed by atoms with Crippen molar-refractivity contribution in [1.29, 1.82) is 0 Å². The summed E-state index contributed by atoms with van der Waals surface area (Å²) in [7, 11) is -2.75. The van der Waals surface area contributed by atoms with Gasteiger partial charge in [-0.05, 0) is 18.2 Å². The molecule has 1 unspecified atom stereocenters. The summed E-state index contributed by atoms with van der Waals surface area (Å²) < 4.78 is 48.9. The molecule has 0 aliphatic carbocycles. The van der Waals surface area contributed by atoms with E-state index in [0.717, 1.165) is 0 Å². The molecular formula is C12H17NO6S. The standard InChI is InChI=1S/C12H17NO6S/c1-12(2)18-10-5-4-8(17-3)6-9(10)11(19-12)7-13-20(14,15)16/h4-6,11,13H,7H2,1-3H3,(H,14,15,16). The SMILES string of the molecule is COc1ccc2c(c1)C(CNS(=O)(=O)O)OC(C)(C)O2. The number of rotatable bonds is 4. The summed E-state index contributed by atoms with van der Waals surface area (Å²) in [6.07, 6.45) is -0.592. The third-order valence-corrected chi connectivity index (χ3v) is 3.33. The van der Waals surface area contributed by atoms with E-state index < -0.39 is 22.2 Å². The third kappa shape index (κ3) is 3.60. The van der Waals surface area contributed by atoms with E-state index in [9.17, 15) is 8.42 Å². The fraction of sp³-hybridized carbons (Fsp3) is 0.500. The highest BCUT2D eigenvalue weighted by atomic mass is 32.2. The summed E-state index contributed by atoms with van der Waals surface area (Å²) in [5.74, 6) is 0.296. The molecule has 1 aromatic rings. The van der Waals surface area contributed by atoms with Gasteiger partial charge in [-0.2, -0.15) is 13.1 Å². The second-order valence-electron chi connectivity index (χ2n) is 4.84. The molecule has 1 aromatic carbocycles. The van der Waals surface area contributed by atoms with Crippen molar-refractivity contribution in [2.75, 3.05) is 13.7 Å². The smallest absolute Gasteiger partial charge is 0.333 e. The molecule has 0 radical (unpaired) electrons. The Bertz CT molecular complexity index is 598. The van der Waals surface area contributed by atoms with E-state index in [-0.39, 0.29) is 6.54 Å². The van der Waals surface area contributed by atoms with E-state index in [2.05, 4.69) is 0 Å². The van der Waals surface area contributed by atoms with E-state index in [1.165, 1.54) is 7.11 Å². The first kappa shape index (κ1) is 15.0. The maximum absolute atomic E-state index is 10.8. The van der Waals surface area contributed by atoms with E-state index in [1.54, 1.807) is 32.0 Å². The van der Waals surface area contributed by atoms with Gasteiger partial charge in [-0.15, -0.1) is 0 Å². The van der Waals surface area contributed by atoms with E-state index in [1.807, 2.05) is 4.72 Å². The van der Waals surface area contributed by atoms with Crippen LogP contribution in [0.2, 0.25) is 0 Å². The first-order chi connectivity index (χ1) is 9.20. The Balaban J connectivity index is 2.32. The lowest BCUT2D eigenvalue weighted by atomic mass is 10.1. The average Bonchev–Trinajstić information content (AvgIpc) is 2.33. The van der Waals surface area contributed by atoms with Crippen LogP contribution in [0.1, 0.15) is 25.5 Å². The zero-order valence-electron chi connectivity index (χ0n) is 11.4. The minimum atomic E-state index is -4.28. The molecule has 1 atom stereocenters. The number of ether oxygens (including phenoxy) is 3. The Morgan fingerprint density at radius 1 is 1.45 bits per heavy atom. The highest BCUT2D eigenvalue weighted by Crippen LogP contribution is 2.40. The lowest BCUT2D eigenvalue weighted by molar-refractivity contribution is -0.204. The molecule has 0 saturated carbocycles. The molecule has 8 heteroatoms. The third-order valence-electron chi connectivity index (χ3n) is 2.80. The van der Waals surface area contributed by atoms with Gasteiger partial charge in [0, 0.05) is 26.0 Å². The van der Waals surface area contributed by atoms with Crippen molar-refractivity contribution >= 4 is 10.3 Å². The van der Waals surface area contributed by atoms with Crippen molar-refractivity contribution in [3.8, 4) is 11.5 Å². The average molecular weight is 303 g/mol. The van der Waals surface area contributed by atoms with Gasteiger partial charge in [0.1, 0.15) is 17.6 Å². The highest BCUT2D eigenvalue weighted by Gasteiger charge is 2.35. The minimum absolute atomic E-state index is 0.105. The second-order valence-corrected chi connectivity index (χ2v) is 6.07.